The van der Waals surface area contributed by atoms with Gasteiger partial charge in [0.2, 0.25) is 5.91 Å². The number of nitrogens with two attached hydrogens (primary N) is 1. The van der Waals surface area contributed by atoms with Crippen molar-refractivity contribution in [3.63, 3.8) is 0 Å². The lowest BCUT2D eigenvalue weighted by Crippen LogP contribution is -2.38. The molecule has 0 saturated heterocycles. The molecule has 5 heteroatoms. The standard InChI is InChI=1S/C14H19ClN2O2/c1-19-12(9-16)8-13(18)17-14(5-6-14)10-3-2-4-11(15)7-10/h2-4,7,12H,5-6,8-9,16H2,1H3,(H,17,18). The molecule has 0 aromatic heterocycles. The third kappa shape index (κ3) is 3.47. The molecule has 2 rings (SSSR count). The second-order valence-electron chi connectivity index (χ2n) is 4.94. The first-order valence-corrected chi connectivity index (χ1v) is 6.77. The summed E-state index contributed by atoms with van der Waals surface area (Å²) >= 11 is 6.00. The van der Waals surface area contributed by atoms with E-state index in [9.17, 15) is 4.79 Å². The number of rotatable bonds is 6. The fourth-order valence-electron chi connectivity index (χ4n) is 2.18. The molecule has 104 valence electrons. The molecule has 4 nitrogen and oxygen atoms in total. The minimum atomic E-state index is -0.241. The van der Waals surface area contributed by atoms with Gasteiger partial charge in [0.15, 0.2) is 0 Å². The third-order valence-corrected chi connectivity index (χ3v) is 3.75. The first-order chi connectivity index (χ1) is 9.09. The van der Waals surface area contributed by atoms with Crippen LogP contribution in [-0.4, -0.2) is 25.7 Å². The van der Waals surface area contributed by atoms with Gasteiger partial charge in [-0.15, -0.1) is 0 Å². The molecule has 1 saturated carbocycles. The minimum Gasteiger partial charge on any atom is -0.380 e. The Bertz CT molecular complexity index is 457. The Morgan fingerprint density at radius 1 is 1.58 bits per heavy atom. The highest BCUT2D eigenvalue weighted by molar-refractivity contribution is 6.30. The lowest BCUT2D eigenvalue weighted by molar-refractivity contribution is -0.124. The molecule has 0 bridgehead atoms. The Hall–Kier alpha value is -1.10. The molecule has 1 unspecified atom stereocenters. The summed E-state index contributed by atoms with van der Waals surface area (Å²) in [5.41, 5.74) is 6.34. The number of benzene rings is 1. The summed E-state index contributed by atoms with van der Waals surface area (Å²) in [5, 5.41) is 3.77. The van der Waals surface area contributed by atoms with Crippen LogP contribution in [0.2, 0.25) is 5.02 Å². The van der Waals surface area contributed by atoms with Gasteiger partial charge in [-0.05, 0) is 30.5 Å². The number of methoxy groups -OCH3 is 1. The highest BCUT2D eigenvalue weighted by Crippen LogP contribution is 2.46. The third-order valence-electron chi connectivity index (χ3n) is 3.52. The zero-order valence-corrected chi connectivity index (χ0v) is 11.7. The van der Waals surface area contributed by atoms with Gasteiger partial charge in [0, 0.05) is 18.7 Å². The normalized spacial score (nSPS) is 17.8. The minimum absolute atomic E-state index is 0.0326. The van der Waals surface area contributed by atoms with Crippen LogP contribution in [0.4, 0.5) is 0 Å². The van der Waals surface area contributed by atoms with E-state index in [1.54, 1.807) is 7.11 Å². The summed E-state index contributed by atoms with van der Waals surface area (Å²) in [5.74, 6) is -0.0326. The zero-order chi connectivity index (χ0) is 13.9. The maximum absolute atomic E-state index is 12.0. The Morgan fingerprint density at radius 3 is 2.84 bits per heavy atom. The Labute approximate surface area is 118 Å². The van der Waals surface area contributed by atoms with Crippen LogP contribution in [0.1, 0.15) is 24.8 Å². The average Bonchev–Trinajstić information content (AvgIpc) is 3.17. The van der Waals surface area contributed by atoms with Gasteiger partial charge in [-0.2, -0.15) is 0 Å². The summed E-state index contributed by atoms with van der Waals surface area (Å²) in [6.45, 7) is 0.341. The molecule has 1 aromatic rings. The number of ether oxygens (including phenoxy) is 1. The van der Waals surface area contributed by atoms with E-state index in [0.29, 0.717) is 11.6 Å². The molecular formula is C14H19ClN2O2. The van der Waals surface area contributed by atoms with Crippen molar-refractivity contribution in [1.82, 2.24) is 5.32 Å². The molecule has 1 fully saturated rings. The lowest BCUT2D eigenvalue weighted by atomic mass is 10.0. The number of halogens is 1. The van der Waals surface area contributed by atoms with Crippen LogP contribution in [0.5, 0.6) is 0 Å². The highest BCUT2D eigenvalue weighted by atomic mass is 35.5. The van der Waals surface area contributed by atoms with E-state index in [2.05, 4.69) is 5.32 Å². The number of carbonyl (C=O) groups is 1. The zero-order valence-electron chi connectivity index (χ0n) is 11.0. The predicted molar refractivity (Wildman–Crippen MR) is 75.0 cm³/mol. The Morgan fingerprint density at radius 2 is 2.32 bits per heavy atom. The number of hydrogen-bond donors (Lipinski definition) is 2. The molecular weight excluding hydrogens is 264 g/mol. The molecule has 0 spiro atoms. The second kappa shape index (κ2) is 5.90. The Kier molecular flexibility index (Phi) is 4.45. The lowest BCUT2D eigenvalue weighted by Gasteiger charge is -2.20. The van der Waals surface area contributed by atoms with E-state index in [1.165, 1.54) is 0 Å². The summed E-state index contributed by atoms with van der Waals surface area (Å²) < 4.78 is 5.12. The number of hydrogen-bond acceptors (Lipinski definition) is 3. The summed E-state index contributed by atoms with van der Waals surface area (Å²) in [6.07, 6.45) is 1.95. The van der Waals surface area contributed by atoms with Crippen molar-refractivity contribution < 1.29 is 9.53 Å². The maximum atomic E-state index is 12.0. The first kappa shape index (κ1) is 14.3. The SMILES string of the molecule is COC(CN)CC(=O)NC1(c2cccc(Cl)c2)CC1. The van der Waals surface area contributed by atoms with Crippen LogP contribution in [-0.2, 0) is 15.1 Å². The van der Waals surface area contributed by atoms with Crippen LogP contribution < -0.4 is 11.1 Å². The van der Waals surface area contributed by atoms with Crippen molar-refractivity contribution in [1.29, 1.82) is 0 Å². The van der Waals surface area contributed by atoms with Crippen molar-refractivity contribution >= 4 is 17.5 Å². The van der Waals surface area contributed by atoms with Gasteiger partial charge < -0.3 is 15.8 Å². The largest absolute Gasteiger partial charge is 0.380 e. The van der Waals surface area contributed by atoms with Gasteiger partial charge in [-0.3, -0.25) is 4.79 Å². The average molecular weight is 283 g/mol. The number of nitrogens with one attached hydrogen (secondary N) is 1. The molecule has 1 aliphatic carbocycles. The monoisotopic (exact) mass is 282 g/mol. The van der Waals surface area contributed by atoms with Crippen molar-refractivity contribution in [3.05, 3.63) is 34.9 Å². The van der Waals surface area contributed by atoms with E-state index in [4.69, 9.17) is 22.1 Å². The smallest absolute Gasteiger partial charge is 0.223 e. The first-order valence-electron chi connectivity index (χ1n) is 6.39. The van der Waals surface area contributed by atoms with Crippen molar-refractivity contribution in [2.24, 2.45) is 5.73 Å². The fraction of sp³-hybridized carbons (Fsp3) is 0.500. The highest BCUT2D eigenvalue weighted by Gasteiger charge is 2.45. The van der Waals surface area contributed by atoms with Crippen molar-refractivity contribution in [2.75, 3.05) is 13.7 Å². The van der Waals surface area contributed by atoms with Crippen LogP contribution in [0.3, 0.4) is 0 Å². The number of carbonyl (C=O) groups excluding carboxylic acids is 1. The fourth-order valence-corrected chi connectivity index (χ4v) is 2.37. The summed E-state index contributed by atoms with van der Waals surface area (Å²) in [7, 11) is 1.56. The van der Waals surface area contributed by atoms with E-state index < -0.39 is 0 Å². The second-order valence-corrected chi connectivity index (χ2v) is 5.37. The molecule has 1 atom stereocenters. The van der Waals surface area contributed by atoms with Gasteiger partial charge in [-0.25, -0.2) is 0 Å². The van der Waals surface area contributed by atoms with Crippen LogP contribution in [0, 0.1) is 0 Å². The Balaban J connectivity index is 2.00. The van der Waals surface area contributed by atoms with Crippen molar-refractivity contribution in [3.8, 4) is 0 Å². The number of amides is 1. The molecule has 0 heterocycles. The molecule has 3 N–H and O–H groups in total. The summed E-state index contributed by atoms with van der Waals surface area (Å²) in [4.78, 5) is 12.0. The molecule has 0 radical (unpaired) electrons. The quantitative estimate of drug-likeness (QED) is 0.836. The van der Waals surface area contributed by atoms with Crippen LogP contribution >= 0.6 is 11.6 Å². The van der Waals surface area contributed by atoms with Crippen molar-refractivity contribution in [2.45, 2.75) is 30.9 Å². The van der Waals surface area contributed by atoms with Gasteiger partial charge in [0.05, 0.1) is 18.1 Å². The van der Waals surface area contributed by atoms with Gasteiger partial charge >= 0.3 is 0 Å². The van der Waals surface area contributed by atoms with Crippen LogP contribution in [0.15, 0.2) is 24.3 Å². The van der Waals surface area contributed by atoms with Gasteiger partial charge in [0.1, 0.15) is 0 Å². The van der Waals surface area contributed by atoms with E-state index in [0.717, 1.165) is 18.4 Å². The van der Waals surface area contributed by atoms with E-state index in [1.807, 2.05) is 24.3 Å². The van der Waals surface area contributed by atoms with Crippen LogP contribution in [0.25, 0.3) is 0 Å². The summed E-state index contributed by atoms with van der Waals surface area (Å²) in [6, 6.07) is 7.64. The molecule has 19 heavy (non-hydrogen) atoms. The molecule has 1 aliphatic rings. The predicted octanol–water partition coefficient (Wildman–Crippen LogP) is 1.81. The molecule has 1 amide bonds. The van der Waals surface area contributed by atoms with Gasteiger partial charge in [-0.1, -0.05) is 23.7 Å². The maximum Gasteiger partial charge on any atom is 0.223 e. The van der Waals surface area contributed by atoms with E-state index >= 15 is 0 Å². The van der Waals surface area contributed by atoms with Gasteiger partial charge in [0.25, 0.3) is 0 Å². The molecule has 1 aromatic carbocycles. The topological polar surface area (TPSA) is 64.3 Å². The van der Waals surface area contributed by atoms with E-state index in [-0.39, 0.29) is 24.0 Å². The molecule has 0 aliphatic heterocycles.